The normalized spacial score (nSPS) is 16.2. The summed E-state index contributed by atoms with van der Waals surface area (Å²) in [6, 6.07) is 1.58. The highest BCUT2D eigenvalue weighted by Gasteiger charge is 2.21. The van der Waals surface area contributed by atoms with Gasteiger partial charge in [-0.3, -0.25) is 4.79 Å². The van der Waals surface area contributed by atoms with Gasteiger partial charge in [0.2, 0.25) is 0 Å². The van der Waals surface area contributed by atoms with Crippen molar-refractivity contribution in [1.29, 1.82) is 0 Å². The number of carbonyl (C=O) groups excluding carboxylic acids is 1. The SMILES string of the molecule is Nc1cnc(Cl)c(C(=O)N2CCSCC2)c1. The Balaban J connectivity index is 2.22. The summed E-state index contributed by atoms with van der Waals surface area (Å²) >= 11 is 7.74. The van der Waals surface area contributed by atoms with Crippen LogP contribution in [0.25, 0.3) is 0 Å². The van der Waals surface area contributed by atoms with Crippen LogP contribution >= 0.6 is 23.4 Å². The topological polar surface area (TPSA) is 59.2 Å². The predicted molar refractivity (Wildman–Crippen MR) is 66.9 cm³/mol. The molecule has 0 saturated carbocycles. The van der Waals surface area contributed by atoms with Crippen LogP contribution in [0.3, 0.4) is 0 Å². The van der Waals surface area contributed by atoms with Crippen molar-refractivity contribution in [1.82, 2.24) is 9.88 Å². The fourth-order valence-corrected chi connectivity index (χ4v) is 2.64. The first kappa shape index (κ1) is 11.5. The largest absolute Gasteiger partial charge is 0.397 e. The predicted octanol–water partition coefficient (Wildman–Crippen LogP) is 1.51. The summed E-state index contributed by atoms with van der Waals surface area (Å²) in [6.07, 6.45) is 1.45. The summed E-state index contributed by atoms with van der Waals surface area (Å²) < 4.78 is 0. The van der Waals surface area contributed by atoms with Gasteiger partial charge in [-0.25, -0.2) is 4.98 Å². The number of hydrogen-bond donors (Lipinski definition) is 1. The number of nitrogens with zero attached hydrogens (tertiary/aromatic N) is 2. The lowest BCUT2D eigenvalue weighted by Gasteiger charge is -2.26. The van der Waals surface area contributed by atoms with Gasteiger partial charge in [0.15, 0.2) is 0 Å². The van der Waals surface area contributed by atoms with Crippen LogP contribution in [0.2, 0.25) is 5.15 Å². The lowest BCUT2D eigenvalue weighted by molar-refractivity contribution is 0.0772. The minimum absolute atomic E-state index is 0.0786. The second-order valence-corrected chi connectivity index (χ2v) is 5.09. The molecule has 0 spiro atoms. The highest BCUT2D eigenvalue weighted by Crippen LogP contribution is 2.19. The van der Waals surface area contributed by atoms with Gasteiger partial charge in [0.1, 0.15) is 5.15 Å². The third kappa shape index (κ3) is 2.41. The van der Waals surface area contributed by atoms with E-state index in [1.54, 1.807) is 11.0 Å². The van der Waals surface area contributed by atoms with E-state index in [9.17, 15) is 4.79 Å². The van der Waals surface area contributed by atoms with Crippen LogP contribution in [-0.4, -0.2) is 40.4 Å². The smallest absolute Gasteiger partial charge is 0.257 e. The van der Waals surface area contributed by atoms with Crippen molar-refractivity contribution in [2.45, 2.75) is 0 Å². The summed E-state index contributed by atoms with van der Waals surface area (Å²) in [7, 11) is 0. The summed E-state index contributed by atoms with van der Waals surface area (Å²) in [4.78, 5) is 17.8. The van der Waals surface area contributed by atoms with Crippen LogP contribution in [0.4, 0.5) is 5.69 Å². The van der Waals surface area contributed by atoms with Crippen LogP contribution in [0.15, 0.2) is 12.3 Å². The van der Waals surface area contributed by atoms with E-state index < -0.39 is 0 Å². The van der Waals surface area contributed by atoms with Crippen LogP contribution in [-0.2, 0) is 0 Å². The van der Waals surface area contributed by atoms with Crippen LogP contribution < -0.4 is 5.73 Å². The Morgan fingerprint density at radius 2 is 2.19 bits per heavy atom. The maximum atomic E-state index is 12.1. The molecule has 0 unspecified atom stereocenters. The van der Waals surface area contributed by atoms with Gasteiger partial charge in [-0.15, -0.1) is 0 Å². The molecule has 1 aromatic heterocycles. The summed E-state index contributed by atoms with van der Waals surface area (Å²) in [6.45, 7) is 1.52. The lowest BCUT2D eigenvalue weighted by atomic mass is 10.2. The van der Waals surface area contributed by atoms with E-state index in [1.165, 1.54) is 6.20 Å². The zero-order valence-electron chi connectivity index (χ0n) is 8.65. The first-order valence-corrected chi connectivity index (χ1v) is 6.50. The van der Waals surface area contributed by atoms with Crippen molar-refractivity contribution in [2.24, 2.45) is 0 Å². The third-order valence-corrected chi connectivity index (χ3v) is 3.63. The Morgan fingerprint density at radius 1 is 1.50 bits per heavy atom. The van der Waals surface area contributed by atoms with Crippen LogP contribution in [0.5, 0.6) is 0 Å². The molecular weight excluding hydrogens is 246 g/mol. The van der Waals surface area contributed by atoms with Crippen molar-refractivity contribution in [3.8, 4) is 0 Å². The van der Waals surface area contributed by atoms with Gasteiger partial charge in [0, 0.05) is 24.6 Å². The van der Waals surface area contributed by atoms with Gasteiger partial charge >= 0.3 is 0 Å². The fraction of sp³-hybridized carbons (Fsp3) is 0.400. The molecule has 0 aromatic carbocycles. The monoisotopic (exact) mass is 257 g/mol. The number of halogens is 1. The zero-order chi connectivity index (χ0) is 11.5. The van der Waals surface area contributed by atoms with Crippen molar-refractivity contribution in [3.05, 3.63) is 23.0 Å². The summed E-state index contributed by atoms with van der Waals surface area (Å²) in [5, 5.41) is 0.220. The molecule has 1 aliphatic rings. The van der Waals surface area contributed by atoms with Crippen LogP contribution in [0.1, 0.15) is 10.4 Å². The van der Waals surface area contributed by atoms with E-state index in [0.717, 1.165) is 24.6 Å². The van der Waals surface area contributed by atoms with E-state index in [2.05, 4.69) is 4.98 Å². The first-order valence-electron chi connectivity index (χ1n) is 4.96. The maximum absolute atomic E-state index is 12.1. The Labute approximate surface area is 103 Å². The third-order valence-electron chi connectivity index (χ3n) is 2.39. The molecule has 1 aliphatic heterocycles. The maximum Gasteiger partial charge on any atom is 0.257 e. The average Bonchev–Trinajstić information content (AvgIpc) is 2.32. The van der Waals surface area contributed by atoms with Gasteiger partial charge in [-0.05, 0) is 6.07 Å². The van der Waals surface area contributed by atoms with E-state index in [1.807, 2.05) is 11.8 Å². The number of carbonyl (C=O) groups is 1. The van der Waals surface area contributed by atoms with E-state index in [-0.39, 0.29) is 11.1 Å². The minimum atomic E-state index is -0.0786. The highest BCUT2D eigenvalue weighted by atomic mass is 35.5. The van der Waals surface area contributed by atoms with Crippen molar-refractivity contribution in [2.75, 3.05) is 30.3 Å². The molecule has 1 amide bonds. The fourth-order valence-electron chi connectivity index (χ4n) is 1.55. The van der Waals surface area contributed by atoms with Crippen molar-refractivity contribution in [3.63, 3.8) is 0 Å². The number of pyridine rings is 1. The van der Waals surface area contributed by atoms with E-state index >= 15 is 0 Å². The second-order valence-electron chi connectivity index (χ2n) is 3.51. The molecule has 1 fully saturated rings. The quantitative estimate of drug-likeness (QED) is 0.775. The molecule has 2 rings (SSSR count). The molecule has 16 heavy (non-hydrogen) atoms. The summed E-state index contributed by atoms with van der Waals surface area (Å²) in [5.74, 6) is 1.86. The number of anilines is 1. The zero-order valence-corrected chi connectivity index (χ0v) is 10.2. The number of aromatic nitrogens is 1. The molecule has 4 nitrogen and oxygen atoms in total. The lowest BCUT2D eigenvalue weighted by Crippen LogP contribution is -2.38. The summed E-state index contributed by atoms with van der Waals surface area (Å²) in [5.41, 5.74) is 6.45. The molecule has 0 bridgehead atoms. The average molecular weight is 258 g/mol. The molecule has 6 heteroatoms. The molecule has 0 atom stereocenters. The van der Waals surface area contributed by atoms with E-state index in [0.29, 0.717) is 11.3 Å². The Hall–Kier alpha value is -0.940. The minimum Gasteiger partial charge on any atom is -0.397 e. The Kier molecular flexibility index (Phi) is 3.56. The molecule has 0 radical (unpaired) electrons. The molecule has 2 heterocycles. The molecule has 1 saturated heterocycles. The van der Waals surface area contributed by atoms with Crippen molar-refractivity contribution >= 4 is 35.0 Å². The van der Waals surface area contributed by atoms with Gasteiger partial charge < -0.3 is 10.6 Å². The number of nitrogen functional groups attached to an aromatic ring is 1. The number of amides is 1. The molecular formula is C10H12ClN3OS. The number of rotatable bonds is 1. The first-order chi connectivity index (χ1) is 7.68. The number of nitrogens with two attached hydrogens (primary N) is 1. The van der Waals surface area contributed by atoms with Gasteiger partial charge in [-0.1, -0.05) is 11.6 Å². The highest BCUT2D eigenvalue weighted by molar-refractivity contribution is 7.99. The standard InChI is InChI=1S/C10H12ClN3OS/c11-9-8(5-7(12)6-13-9)10(15)14-1-3-16-4-2-14/h5-6H,1-4,12H2. The second kappa shape index (κ2) is 4.93. The van der Waals surface area contributed by atoms with Crippen LogP contribution in [0, 0.1) is 0 Å². The molecule has 2 N–H and O–H groups in total. The number of hydrogen-bond acceptors (Lipinski definition) is 4. The molecule has 1 aromatic rings. The molecule has 86 valence electrons. The molecule has 0 aliphatic carbocycles. The van der Waals surface area contributed by atoms with Crippen molar-refractivity contribution < 1.29 is 4.79 Å². The van der Waals surface area contributed by atoms with Gasteiger partial charge in [0.25, 0.3) is 5.91 Å². The Morgan fingerprint density at radius 3 is 2.88 bits per heavy atom. The van der Waals surface area contributed by atoms with Gasteiger partial charge in [-0.2, -0.15) is 11.8 Å². The van der Waals surface area contributed by atoms with E-state index in [4.69, 9.17) is 17.3 Å². The Bertz CT molecular complexity index is 407. The van der Waals surface area contributed by atoms with Gasteiger partial charge in [0.05, 0.1) is 17.4 Å². The number of thioether (sulfide) groups is 1.